The Hall–Kier alpha value is -4.62. The summed E-state index contributed by atoms with van der Waals surface area (Å²) in [6.07, 6.45) is -2.24. The van der Waals surface area contributed by atoms with Crippen molar-refractivity contribution in [2.75, 3.05) is 48.9 Å². The number of nitrogens with two attached hydrogens (primary N) is 1. The molecule has 0 aliphatic carbocycles. The van der Waals surface area contributed by atoms with E-state index in [-0.39, 0.29) is 23.5 Å². The standard InChI is InChI=1S/C35H36F3N5O4S/c36-35(37,38)29-9-13-33(40-23-29)47-30-10-6-26(7-11-30)27-14-18-43(19-15-27)34(44)28-8-12-32(42-20-16-39-17-21-42)31(22-28)41-48(45,46)24-25-4-2-1-3-5-25/h1-13,22-23,27,39,41H,14-21,24H2/p+1. The van der Waals surface area contributed by atoms with Gasteiger partial charge in [-0.2, -0.15) is 13.2 Å². The molecule has 13 heteroatoms. The average molecular weight is 681 g/mol. The quantitative estimate of drug-likeness (QED) is 0.251. The molecular weight excluding hydrogens is 643 g/mol. The average Bonchev–Trinajstić information content (AvgIpc) is 3.09. The van der Waals surface area contributed by atoms with Gasteiger partial charge in [0.05, 0.1) is 48.9 Å². The van der Waals surface area contributed by atoms with E-state index in [1.54, 1.807) is 53.4 Å². The van der Waals surface area contributed by atoms with Crippen LogP contribution in [0, 0.1) is 0 Å². The molecule has 252 valence electrons. The number of nitrogens with zero attached hydrogens (tertiary/aromatic N) is 3. The number of quaternary nitrogens is 1. The molecule has 2 aliphatic rings. The zero-order valence-electron chi connectivity index (χ0n) is 26.2. The van der Waals surface area contributed by atoms with Gasteiger partial charge < -0.3 is 19.9 Å². The molecule has 2 fully saturated rings. The van der Waals surface area contributed by atoms with E-state index >= 15 is 0 Å². The number of hydrogen-bond donors (Lipinski definition) is 2. The van der Waals surface area contributed by atoms with Crippen molar-refractivity contribution in [2.24, 2.45) is 0 Å². The summed E-state index contributed by atoms with van der Waals surface area (Å²) in [4.78, 5) is 21.4. The SMILES string of the molecule is O=C(c1ccc(N2CC[NH2+]CC2)c(NS(=O)(=O)Cc2ccccc2)c1)N1CCC(c2ccc(Oc3ccc(C(F)(F)F)cn3)cc2)CC1. The minimum Gasteiger partial charge on any atom is -0.439 e. The van der Waals surface area contributed by atoms with E-state index in [9.17, 15) is 26.4 Å². The summed E-state index contributed by atoms with van der Waals surface area (Å²) in [6.45, 7) is 4.42. The highest BCUT2D eigenvalue weighted by Gasteiger charge is 2.31. The molecule has 4 aromatic rings. The number of sulfonamides is 1. The van der Waals surface area contributed by atoms with Crippen LogP contribution in [-0.2, 0) is 22.0 Å². The number of ether oxygens (including phenoxy) is 1. The van der Waals surface area contributed by atoms with Crippen molar-refractivity contribution in [1.82, 2.24) is 9.88 Å². The van der Waals surface area contributed by atoms with Crippen LogP contribution in [0.3, 0.4) is 0 Å². The minimum absolute atomic E-state index is 0.0668. The number of amides is 1. The van der Waals surface area contributed by atoms with Crippen LogP contribution in [0.4, 0.5) is 24.5 Å². The topological polar surface area (TPSA) is 108 Å². The molecule has 0 spiro atoms. The van der Waals surface area contributed by atoms with Crippen molar-refractivity contribution in [3.8, 4) is 11.6 Å². The van der Waals surface area contributed by atoms with Gasteiger partial charge in [-0.15, -0.1) is 0 Å². The van der Waals surface area contributed by atoms with Gasteiger partial charge in [-0.25, -0.2) is 13.4 Å². The lowest BCUT2D eigenvalue weighted by Gasteiger charge is -2.33. The summed E-state index contributed by atoms with van der Waals surface area (Å²) in [5.41, 5.74) is 2.50. The predicted octanol–water partition coefficient (Wildman–Crippen LogP) is 5.24. The number of rotatable bonds is 9. The van der Waals surface area contributed by atoms with Crippen molar-refractivity contribution in [1.29, 1.82) is 0 Å². The number of nitrogens with one attached hydrogen (secondary N) is 1. The van der Waals surface area contributed by atoms with E-state index in [4.69, 9.17) is 4.74 Å². The van der Waals surface area contributed by atoms with Crippen LogP contribution in [0.1, 0.15) is 45.8 Å². The highest BCUT2D eigenvalue weighted by Crippen LogP contribution is 2.34. The number of piperazine rings is 1. The van der Waals surface area contributed by atoms with Crippen LogP contribution in [-0.4, -0.2) is 63.5 Å². The molecule has 1 amide bonds. The van der Waals surface area contributed by atoms with Crippen molar-refractivity contribution >= 4 is 27.3 Å². The summed E-state index contributed by atoms with van der Waals surface area (Å²) in [7, 11) is -3.74. The second kappa shape index (κ2) is 14.2. The number of anilines is 2. The second-order valence-electron chi connectivity index (χ2n) is 12.1. The summed E-state index contributed by atoms with van der Waals surface area (Å²) in [5.74, 6) is 0.414. The molecule has 1 aromatic heterocycles. The fourth-order valence-corrected chi connectivity index (χ4v) is 7.35. The number of benzene rings is 3. The monoisotopic (exact) mass is 680 g/mol. The molecule has 3 N–H and O–H groups in total. The summed E-state index contributed by atoms with van der Waals surface area (Å²) >= 11 is 0. The molecule has 0 atom stereocenters. The van der Waals surface area contributed by atoms with Crippen LogP contribution >= 0.6 is 0 Å². The van der Waals surface area contributed by atoms with Crippen molar-refractivity contribution in [2.45, 2.75) is 30.7 Å². The molecule has 0 unspecified atom stereocenters. The smallest absolute Gasteiger partial charge is 0.417 e. The van der Waals surface area contributed by atoms with E-state index in [2.05, 4.69) is 19.9 Å². The van der Waals surface area contributed by atoms with Crippen LogP contribution in [0.25, 0.3) is 0 Å². The molecule has 9 nitrogen and oxygen atoms in total. The number of carbonyl (C=O) groups is 1. The second-order valence-corrected chi connectivity index (χ2v) is 13.8. The number of piperidine rings is 1. The van der Waals surface area contributed by atoms with E-state index in [0.29, 0.717) is 35.7 Å². The lowest BCUT2D eigenvalue weighted by molar-refractivity contribution is -0.655. The minimum atomic E-state index is -4.46. The van der Waals surface area contributed by atoms with Gasteiger partial charge in [-0.3, -0.25) is 9.52 Å². The van der Waals surface area contributed by atoms with Crippen LogP contribution in [0.15, 0.2) is 91.1 Å². The Morgan fingerprint density at radius 1 is 0.917 bits per heavy atom. The van der Waals surface area contributed by atoms with Crippen molar-refractivity contribution < 1.29 is 36.4 Å². The lowest BCUT2D eigenvalue weighted by atomic mass is 9.89. The van der Waals surface area contributed by atoms with Gasteiger partial charge in [0.25, 0.3) is 5.91 Å². The Morgan fingerprint density at radius 2 is 1.62 bits per heavy atom. The number of halogens is 3. The van der Waals surface area contributed by atoms with E-state index in [0.717, 1.165) is 62.5 Å². The van der Waals surface area contributed by atoms with E-state index < -0.39 is 21.8 Å². The zero-order valence-corrected chi connectivity index (χ0v) is 27.0. The van der Waals surface area contributed by atoms with Crippen LogP contribution in [0.2, 0.25) is 0 Å². The Kier molecular flexibility index (Phi) is 9.88. The van der Waals surface area contributed by atoms with E-state index in [1.807, 2.05) is 24.3 Å². The molecular formula is C35H37F3N5O4S+. The van der Waals surface area contributed by atoms with Crippen molar-refractivity contribution in [3.63, 3.8) is 0 Å². The van der Waals surface area contributed by atoms with Gasteiger partial charge in [0.2, 0.25) is 15.9 Å². The van der Waals surface area contributed by atoms with Crippen LogP contribution in [0.5, 0.6) is 11.6 Å². The molecule has 3 heterocycles. The Balaban J connectivity index is 1.10. The normalized spacial score (nSPS) is 16.1. The van der Waals surface area contributed by atoms with Crippen LogP contribution < -0.4 is 19.7 Å². The first-order chi connectivity index (χ1) is 23.0. The molecule has 2 aliphatic heterocycles. The predicted molar refractivity (Wildman–Crippen MR) is 177 cm³/mol. The fraction of sp³-hybridized carbons (Fsp3) is 0.314. The highest BCUT2D eigenvalue weighted by atomic mass is 32.2. The van der Waals surface area contributed by atoms with Gasteiger partial charge in [0, 0.05) is 30.9 Å². The number of alkyl halides is 3. The van der Waals surface area contributed by atoms with E-state index in [1.165, 1.54) is 6.07 Å². The summed E-state index contributed by atoms with van der Waals surface area (Å²) in [6, 6.07) is 23.7. The number of aromatic nitrogens is 1. The maximum atomic E-state index is 13.7. The molecule has 6 rings (SSSR count). The number of pyridine rings is 1. The number of likely N-dealkylation sites (tertiary alicyclic amines) is 1. The highest BCUT2D eigenvalue weighted by molar-refractivity contribution is 7.91. The third kappa shape index (κ3) is 8.26. The third-order valence-corrected chi connectivity index (χ3v) is 9.92. The first kappa shape index (κ1) is 33.3. The van der Waals surface area contributed by atoms with Gasteiger partial charge in [-0.05, 0) is 66.3 Å². The molecule has 0 radical (unpaired) electrons. The lowest BCUT2D eigenvalue weighted by Crippen LogP contribution is -2.89. The maximum Gasteiger partial charge on any atom is 0.417 e. The van der Waals surface area contributed by atoms with Gasteiger partial charge >= 0.3 is 6.18 Å². The molecule has 3 aromatic carbocycles. The van der Waals surface area contributed by atoms with Gasteiger partial charge in [-0.1, -0.05) is 42.5 Å². The number of carbonyl (C=O) groups excluding carboxylic acids is 1. The summed E-state index contributed by atoms with van der Waals surface area (Å²) < 4.78 is 73.3. The molecule has 0 saturated carbocycles. The third-order valence-electron chi connectivity index (χ3n) is 8.68. The fourth-order valence-electron chi connectivity index (χ4n) is 6.15. The molecule has 2 saturated heterocycles. The Morgan fingerprint density at radius 3 is 2.27 bits per heavy atom. The molecule has 0 bridgehead atoms. The Bertz CT molecular complexity index is 1810. The number of hydrogen-bond acceptors (Lipinski definition) is 6. The maximum absolute atomic E-state index is 13.7. The summed E-state index contributed by atoms with van der Waals surface area (Å²) in [5, 5.41) is 2.22. The van der Waals surface area contributed by atoms with Gasteiger partial charge in [0.15, 0.2) is 0 Å². The largest absolute Gasteiger partial charge is 0.439 e. The van der Waals surface area contributed by atoms with Crippen molar-refractivity contribution in [3.05, 3.63) is 113 Å². The first-order valence-corrected chi connectivity index (χ1v) is 17.5. The van der Waals surface area contributed by atoms with Gasteiger partial charge in [0.1, 0.15) is 5.75 Å². The Labute approximate surface area is 277 Å². The first-order valence-electron chi connectivity index (χ1n) is 15.9. The molecule has 48 heavy (non-hydrogen) atoms. The zero-order chi connectivity index (χ0) is 33.7.